The molecule has 2 atom stereocenters. The molecule has 1 heterocycles. The Kier molecular flexibility index (Phi) is 5.69. The highest BCUT2D eigenvalue weighted by molar-refractivity contribution is 4.81. The minimum atomic E-state index is -4.15. The van der Waals surface area contributed by atoms with Gasteiger partial charge in [-0.15, -0.1) is 0 Å². The fourth-order valence-corrected chi connectivity index (χ4v) is 2.07. The van der Waals surface area contributed by atoms with E-state index in [0.717, 1.165) is 6.54 Å². The highest BCUT2D eigenvalue weighted by Gasteiger charge is 2.35. The molecule has 2 unspecified atom stereocenters. The van der Waals surface area contributed by atoms with Gasteiger partial charge in [0, 0.05) is 19.1 Å². The maximum atomic E-state index is 12.5. The number of alkyl halides is 3. The number of nitrogens with zero attached hydrogens (tertiary/aromatic N) is 1. The summed E-state index contributed by atoms with van der Waals surface area (Å²) in [5.74, 6) is 0. The summed E-state index contributed by atoms with van der Waals surface area (Å²) in [7, 11) is 0. The van der Waals surface area contributed by atoms with Crippen LogP contribution in [0.15, 0.2) is 0 Å². The van der Waals surface area contributed by atoms with Crippen LogP contribution in [0.5, 0.6) is 0 Å². The maximum absolute atomic E-state index is 12.5. The third kappa shape index (κ3) is 5.23. The average Bonchev–Trinajstić information content (AvgIpc) is 2.27. The fraction of sp³-hybridized carbons (Fsp3) is 1.00. The van der Waals surface area contributed by atoms with Crippen molar-refractivity contribution in [3.63, 3.8) is 0 Å². The van der Waals surface area contributed by atoms with E-state index >= 15 is 0 Å². The van der Waals surface area contributed by atoms with Crippen molar-refractivity contribution in [1.82, 2.24) is 10.2 Å². The van der Waals surface area contributed by atoms with Crippen molar-refractivity contribution < 1.29 is 17.9 Å². The van der Waals surface area contributed by atoms with Gasteiger partial charge in [0.25, 0.3) is 0 Å². The third-order valence-electron chi connectivity index (χ3n) is 2.96. The summed E-state index contributed by atoms with van der Waals surface area (Å²) in [6.45, 7) is 5.24. The predicted molar refractivity (Wildman–Crippen MR) is 60.0 cm³/mol. The van der Waals surface area contributed by atoms with Gasteiger partial charge in [0.05, 0.1) is 19.3 Å². The molecule has 0 aliphatic carbocycles. The van der Waals surface area contributed by atoms with Gasteiger partial charge in [-0.3, -0.25) is 4.90 Å². The quantitative estimate of drug-likeness (QED) is 0.807. The van der Waals surface area contributed by atoms with Gasteiger partial charge in [-0.05, 0) is 19.9 Å². The molecule has 17 heavy (non-hydrogen) atoms. The van der Waals surface area contributed by atoms with Crippen molar-refractivity contribution in [3.8, 4) is 0 Å². The lowest BCUT2D eigenvalue weighted by atomic mass is 10.1. The van der Waals surface area contributed by atoms with E-state index in [1.165, 1.54) is 4.90 Å². The van der Waals surface area contributed by atoms with Gasteiger partial charge in [-0.25, -0.2) is 0 Å². The second-order valence-corrected chi connectivity index (χ2v) is 4.44. The van der Waals surface area contributed by atoms with Crippen molar-refractivity contribution in [1.29, 1.82) is 0 Å². The maximum Gasteiger partial charge on any atom is 0.401 e. The molecule has 0 saturated carbocycles. The summed E-state index contributed by atoms with van der Waals surface area (Å²) in [5.41, 5.74) is 0. The van der Waals surface area contributed by atoms with E-state index in [9.17, 15) is 13.2 Å². The summed E-state index contributed by atoms with van der Waals surface area (Å²) in [4.78, 5) is 1.46. The molecule has 3 nitrogen and oxygen atoms in total. The normalized spacial score (nSPS) is 24.0. The first-order valence-electron chi connectivity index (χ1n) is 6.07. The Hall–Kier alpha value is -0.330. The topological polar surface area (TPSA) is 24.5 Å². The Bertz CT molecular complexity index is 217. The van der Waals surface area contributed by atoms with Crippen LogP contribution in [-0.2, 0) is 4.74 Å². The summed E-state index contributed by atoms with van der Waals surface area (Å²) in [5, 5.41) is 3.14. The molecule has 1 N–H and O–H groups in total. The molecule has 1 rings (SSSR count). The van der Waals surface area contributed by atoms with Gasteiger partial charge in [-0.1, -0.05) is 6.92 Å². The summed E-state index contributed by atoms with van der Waals surface area (Å²) in [6, 6.07) is -0.218. The molecular formula is C11H21F3N2O. The van der Waals surface area contributed by atoms with Crippen molar-refractivity contribution in [3.05, 3.63) is 0 Å². The second-order valence-electron chi connectivity index (χ2n) is 4.44. The molecule has 1 aliphatic heterocycles. The Morgan fingerprint density at radius 3 is 2.65 bits per heavy atom. The van der Waals surface area contributed by atoms with E-state index in [1.807, 2.05) is 6.92 Å². The van der Waals surface area contributed by atoms with Gasteiger partial charge in [-0.2, -0.15) is 13.2 Å². The molecule has 0 spiro atoms. The van der Waals surface area contributed by atoms with Crippen LogP contribution in [0.1, 0.15) is 20.3 Å². The molecule has 1 saturated heterocycles. The fourth-order valence-electron chi connectivity index (χ4n) is 2.07. The average molecular weight is 254 g/mol. The zero-order valence-corrected chi connectivity index (χ0v) is 10.4. The largest absolute Gasteiger partial charge is 0.401 e. The highest BCUT2D eigenvalue weighted by atomic mass is 19.4. The highest BCUT2D eigenvalue weighted by Crippen LogP contribution is 2.20. The molecule has 0 aromatic carbocycles. The lowest BCUT2D eigenvalue weighted by Crippen LogP contribution is -2.53. The molecule has 0 aromatic heterocycles. The molecule has 0 radical (unpaired) electrons. The number of nitrogens with one attached hydrogen (secondary N) is 1. The van der Waals surface area contributed by atoms with Gasteiger partial charge >= 0.3 is 6.18 Å². The van der Waals surface area contributed by atoms with Crippen LogP contribution < -0.4 is 5.32 Å². The number of hydrogen-bond acceptors (Lipinski definition) is 3. The zero-order chi connectivity index (χ0) is 12.9. The van der Waals surface area contributed by atoms with Gasteiger partial charge in [0.2, 0.25) is 0 Å². The lowest BCUT2D eigenvalue weighted by Gasteiger charge is -2.36. The minimum Gasteiger partial charge on any atom is -0.374 e. The van der Waals surface area contributed by atoms with Crippen molar-refractivity contribution in [2.45, 2.75) is 38.6 Å². The first kappa shape index (κ1) is 14.7. The van der Waals surface area contributed by atoms with Crippen molar-refractivity contribution in [2.24, 2.45) is 0 Å². The van der Waals surface area contributed by atoms with Crippen LogP contribution in [0.2, 0.25) is 0 Å². The van der Waals surface area contributed by atoms with Gasteiger partial charge in [0.15, 0.2) is 0 Å². The first-order valence-corrected chi connectivity index (χ1v) is 6.07. The Morgan fingerprint density at radius 2 is 2.18 bits per heavy atom. The van der Waals surface area contributed by atoms with Crippen LogP contribution in [0.3, 0.4) is 0 Å². The molecule has 102 valence electrons. The smallest absolute Gasteiger partial charge is 0.374 e. The minimum absolute atomic E-state index is 0.155. The monoisotopic (exact) mass is 254 g/mol. The van der Waals surface area contributed by atoms with Crippen LogP contribution >= 0.6 is 0 Å². The number of ether oxygens (including phenoxy) is 1. The molecule has 1 aliphatic rings. The van der Waals surface area contributed by atoms with Crippen molar-refractivity contribution in [2.75, 3.05) is 32.8 Å². The van der Waals surface area contributed by atoms with Gasteiger partial charge < -0.3 is 10.1 Å². The zero-order valence-electron chi connectivity index (χ0n) is 10.4. The van der Waals surface area contributed by atoms with Crippen LogP contribution in [-0.4, -0.2) is 56.0 Å². The SMILES string of the molecule is CCCN(CC(F)(F)F)C(C)C1CNCCO1. The third-order valence-corrected chi connectivity index (χ3v) is 2.96. The number of morpholine rings is 1. The molecule has 0 amide bonds. The predicted octanol–water partition coefficient (Wildman–Crippen LogP) is 1.64. The molecule has 1 fully saturated rings. The summed E-state index contributed by atoms with van der Waals surface area (Å²) < 4.78 is 42.9. The van der Waals surface area contributed by atoms with E-state index in [4.69, 9.17) is 4.74 Å². The van der Waals surface area contributed by atoms with E-state index in [-0.39, 0.29) is 12.1 Å². The molecule has 0 aromatic rings. The molecule has 6 heteroatoms. The lowest BCUT2D eigenvalue weighted by molar-refractivity contribution is -0.157. The van der Waals surface area contributed by atoms with E-state index in [0.29, 0.717) is 26.1 Å². The molecular weight excluding hydrogens is 233 g/mol. The number of rotatable bonds is 5. The Labute approximate surface area is 100 Å². The van der Waals surface area contributed by atoms with E-state index in [1.54, 1.807) is 6.92 Å². The van der Waals surface area contributed by atoms with Crippen LogP contribution in [0, 0.1) is 0 Å². The Morgan fingerprint density at radius 1 is 1.47 bits per heavy atom. The van der Waals surface area contributed by atoms with Gasteiger partial charge in [0.1, 0.15) is 0 Å². The summed E-state index contributed by atoms with van der Waals surface area (Å²) in [6.07, 6.45) is -3.59. The second kappa shape index (κ2) is 6.56. The van der Waals surface area contributed by atoms with E-state index < -0.39 is 12.7 Å². The van der Waals surface area contributed by atoms with E-state index in [2.05, 4.69) is 5.32 Å². The summed E-state index contributed by atoms with van der Waals surface area (Å²) >= 11 is 0. The van der Waals surface area contributed by atoms with Crippen LogP contribution in [0.4, 0.5) is 13.2 Å². The number of hydrogen-bond donors (Lipinski definition) is 1. The molecule has 0 bridgehead atoms. The van der Waals surface area contributed by atoms with Crippen LogP contribution in [0.25, 0.3) is 0 Å². The number of halogens is 3. The Balaban J connectivity index is 2.55. The van der Waals surface area contributed by atoms with Crippen molar-refractivity contribution >= 4 is 0 Å². The standard InChI is InChI=1S/C11H21F3N2O/c1-3-5-16(8-11(12,13)14)9(2)10-7-15-4-6-17-10/h9-10,15H,3-8H2,1-2H3. The first-order chi connectivity index (χ1) is 7.94.